The van der Waals surface area contributed by atoms with Gasteiger partial charge in [0.25, 0.3) is 0 Å². The Morgan fingerprint density at radius 3 is 1.38 bits per heavy atom. The average molecular weight is 202 g/mol. The molecule has 0 N–H and O–H groups in total. The molecule has 0 saturated carbocycles. The molecule has 8 heavy (non-hydrogen) atoms. The summed E-state index contributed by atoms with van der Waals surface area (Å²) in [6.45, 7) is 6.44. The third-order valence-electron chi connectivity index (χ3n) is 0.433. The van der Waals surface area contributed by atoms with Crippen LogP contribution in [0.5, 0.6) is 0 Å². The van der Waals surface area contributed by atoms with E-state index in [1.807, 2.05) is 0 Å². The molecular weight excluding hydrogens is 192 g/mol. The first-order valence-electron chi connectivity index (χ1n) is 2.04. The molecule has 0 spiro atoms. The minimum absolute atomic E-state index is 0. The fourth-order valence-electron chi connectivity index (χ4n) is 0. The van der Waals surface area contributed by atoms with Crippen LogP contribution in [0.25, 0.3) is 0 Å². The number of hydrogen-bond donors (Lipinski definition) is 0. The van der Waals surface area contributed by atoms with Crippen molar-refractivity contribution >= 4 is 31.1 Å². The van der Waals surface area contributed by atoms with E-state index in [9.17, 15) is 0 Å². The average Bonchev–Trinajstić information content (AvgIpc) is 1.35. The Kier molecular flexibility index (Phi) is 12.3. The number of rotatable bonds is 0. The minimum Gasteiger partial charge on any atom is -1.00 e. The van der Waals surface area contributed by atoms with Crippen molar-refractivity contribution in [1.29, 1.82) is 0 Å². The van der Waals surface area contributed by atoms with E-state index in [4.69, 9.17) is 6.42 Å². The molecule has 0 unspecified atom stereocenters. The van der Waals surface area contributed by atoms with Gasteiger partial charge in [0, 0.05) is 0 Å². The van der Waals surface area contributed by atoms with Gasteiger partial charge in [-0.15, -0.1) is 12.0 Å². The first-order chi connectivity index (χ1) is 2.56. The number of halogens is 1. The molecule has 0 aliphatic rings. The van der Waals surface area contributed by atoms with Crippen molar-refractivity contribution in [2.75, 3.05) is 0 Å². The Labute approximate surface area is 79.4 Å². The van der Waals surface area contributed by atoms with E-state index in [1.165, 1.54) is 0 Å². The third-order valence-corrected chi connectivity index (χ3v) is 1.30. The standard InChI is InChI=1S/C5H10Si.BrH.Mg/c1-5-6(2,3)4;;/h1H,2-4H3;1H;/q;;+2/p-1. The van der Waals surface area contributed by atoms with Crippen LogP contribution in [0, 0.1) is 12.0 Å². The zero-order chi connectivity index (χ0) is 5.21. The molecule has 0 bridgehead atoms. The quantitative estimate of drug-likeness (QED) is 0.319. The maximum Gasteiger partial charge on any atom is 2.00 e. The molecule has 0 nitrogen and oxygen atoms in total. The largest absolute Gasteiger partial charge is 2.00 e. The SMILES string of the molecule is C#C[Si](C)(C)C.[Br-].[Mg+2]. The molecule has 0 atom stereocenters. The zero-order valence-corrected chi connectivity index (χ0v) is 9.66. The Hall–Kier alpha value is 1.02. The molecule has 0 aromatic carbocycles. The summed E-state index contributed by atoms with van der Waals surface area (Å²) in [6, 6.07) is 0. The van der Waals surface area contributed by atoms with Gasteiger partial charge in [0.05, 0.1) is 0 Å². The van der Waals surface area contributed by atoms with Crippen molar-refractivity contribution < 1.29 is 17.0 Å². The van der Waals surface area contributed by atoms with Crippen LogP contribution in [-0.4, -0.2) is 31.1 Å². The van der Waals surface area contributed by atoms with E-state index in [-0.39, 0.29) is 40.0 Å². The minimum atomic E-state index is -1.10. The number of hydrogen-bond acceptors (Lipinski definition) is 0. The van der Waals surface area contributed by atoms with E-state index in [2.05, 4.69) is 25.2 Å². The van der Waals surface area contributed by atoms with Crippen molar-refractivity contribution in [3.8, 4) is 12.0 Å². The van der Waals surface area contributed by atoms with Crippen molar-refractivity contribution in [1.82, 2.24) is 0 Å². The summed E-state index contributed by atoms with van der Waals surface area (Å²) in [4.78, 5) is 0. The molecule has 0 aromatic rings. The number of terminal acetylenes is 1. The molecule has 0 radical (unpaired) electrons. The fourth-order valence-corrected chi connectivity index (χ4v) is 0. The smallest absolute Gasteiger partial charge is 1.00 e. The van der Waals surface area contributed by atoms with E-state index in [0.717, 1.165) is 0 Å². The summed E-state index contributed by atoms with van der Waals surface area (Å²) in [6.07, 6.45) is 5.12. The van der Waals surface area contributed by atoms with Crippen molar-refractivity contribution in [3.05, 3.63) is 0 Å². The van der Waals surface area contributed by atoms with Gasteiger partial charge in [-0.3, -0.25) is 0 Å². The van der Waals surface area contributed by atoms with Crippen molar-refractivity contribution in [2.45, 2.75) is 19.6 Å². The van der Waals surface area contributed by atoms with Crippen molar-refractivity contribution in [3.63, 3.8) is 0 Å². The van der Waals surface area contributed by atoms with Crippen LogP contribution in [0.4, 0.5) is 0 Å². The van der Waals surface area contributed by atoms with Gasteiger partial charge in [0.1, 0.15) is 8.07 Å². The molecule has 0 amide bonds. The van der Waals surface area contributed by atoms with Gasteiger partial charge in [-0.2, -0.15) is 0 Å². The summed E-state index contributed by atoms with van der Waals surface area (Å²) < 4.78 is 0. The molecule has 0 aliphatic carbocycles. The first kappa shape index (κ1) is 16.0. The maximum absolute atomic E-state index is 5.12. The molecule has 42 valence electrons. The zero-order valence-electron chi connectivity index (χ0n) is 5.66. The Morgan fingerprint density at radius 2 is 1.38 bits per heavy atom. The fraction of sp³-hybridized carbons (Fsp3) is 0.600. The van der Waals surface area contributed by atoms with Crippen LogP contribution in [-0.2, 0) is 0 Å². The first-order valence-corrected chi connectivity index (χ1v) is 5.54. The van der Waals surface area contributed by atoms with Crippen molar-refractivity contribution in [2.24, 2.45) is 0 Å². The second-order valence-electron chi connectivity index (χ2n) is 2.39. The predicted octanol–water partition coefficient (Wildman–Crippen LogP) is -1.88. The molecular formula is C5H10BrMgSi+. The monoisotopic (exact) mass is 201 g/mol. The second kappa shape index (κ2) is 6.15. The molecule has 0 aliphatic heterocycles. The van der Waals surface area contributed by atoms with Crippen LogP contribution >= 0.6 is 0 Å². The van der Waals surface area contributed by atoms with Gasteiger partial charge in [-0.1, -0.05) is 19.6 Å². The van der Waals surface area contributed by atoms with Gasteiger partial charge < -0.3 is 17.0 Å². The van der Waals surface area contributed by atoms with Crippen LogP contribution in [0.1, 0.15) is 0 Å². The Balaban J connectivity index is -0.000000125. The summed E-state index contributed by atoms with van der Waals surface area (Å²) in [7, 11) is -1.10. The van der Waals surface area contributed by atoms with E-state index >= 15 is 0 Å². The summed E-state index contributed by atoms with van der Waals surface area (Å²) in [5.74, 6) is 0. The van der Waals surface area contributed by atoms with Gasteiger partial charge in [0.2, 0.25) is 0 Å². The Bertz CT molecular complexity index is 79.4. The molecule has 0 aromatic heterocycles. The van der Waals surface area contributed by atoms with E-state index in [0.29, 0.717) is 0 Å². The van der Waals surface area contributed by atoms with Crippen LogP contribution in [0.2, 0.25) is 19.6 Å². The summed E-state index contributed by atoms with van der Waals surface area (Å²) in [5.41, 5.74) is 2.74. The Morgan fingerprint density at radius 1 is 1.25 bits per heavy atom. The molecule has 3 heteroatoms. The van der Waals surface area contributed by atoms with Crippen LogP contribution < -0.4 is 17.0 Å². The van der Waals surface area contributed by atoms with E-state index < -0.39 is 8.07 Å². The summed E-state index contributed by atoms with van der Waals surface area (Å²) in [5, 5.41) is 0. The van der Waals surface area contributed by atoms with Gasteiger partial charge in [-0.25, -0.2) is 0 Å². The molecule has 0 saturated heterocycles. The van der Waals surface area contributed by atoms with Gasteiger partial charge in [-0.05, 0) is 0 Å². The topological polar surface area (TPSA) is 0 Å². The van der Waals surface area contributed by atoms with Crippen LogP contribution in [0.15, 0.2) is 0 Å². The normalized spacial score (nSPS) is 7.75. The predicted molar refractivity (Wildman–Crippen MR) is 37.9 cm³/mol. The van der Waals surface area contributed by atoms with Gasteiger partial charge >= 0.3 is 23.1 Å². The van der Waals surface area contributed by atoms with Gasteiger partial charge in [0.15, 0.2) is 0 Å². The summed E-state index contributed by atoms with van der Waals surface area (Å²) >= 11 is 0. The molecule has 0 rings (SSSR count). The maximum atomic E-state index is 5.12. The van der Waals surface area contributed by atoms with Crippen LogP contribution in [0.3, 0.4) is 0 Å². The molecule has 0 heterocycles. The third kappa shape index (κ3) is 15.7. The van der Waals surface area contributed by atoms with E-state index in [1.54, 1.807) is 0 Å². The molecule has 0 fully saturated rings. The second-order valence-corrected chi connectivity index (χ2v) is 7.18.